The normalized spacial score (nSPS) is 17.2. The lowest BCUT2D eigenvalue weighted by Gasteiger charge is -2.36. The lowest BCUT2D eigenvalue weighted by atomic mass is 9.86. The Morgan fingerprint density at radius 2 is 1.81 bits per heavy atom. The van der Waals surface area contributed by atoms with Crippen LogP contribution in [0, 0.1) is 17.5 Å². The van der Waals surface area contributed by atoms with Crippen LogP contribution >= 0.6 is 0 Å². The number of hydrogen-bond donors (Lipinski definition) is 0. The molecule has 160 valence electrons. The topological polar surface area (TPSA) is 48.0 Å². The molecule has 2 aromatic rings. The highest BCUT2D eigenvalue weighted by molar-refractivity contribution is 6.22. The highest BCUT2D eigenvalue weighted by Crippen LogP contribution is 2.44. The second-order valence-electron chi connectivity index (χ2n) is 6.89. The van der Waals surface area contributed by atoms with Gasteiger partial charge in [-0.25, -0.2) is 13.6 Å². The maximum Gasteiger partial charge on any atom is 0.344 e. The standard InChI is InChI=1S/C23H18F3NO4/c1-27-16-5-4-6-18(30-3)20(16)19(13-8-7-12(29-2)11-17(13)27)23(28)31-22-15(25)10-9-14(24)21(22)26/h4-11,18H,1-3H3. The van der Waals surface area contributed by atoms with Gasteiger partial charge < -0.3 is 19.1 Å². The molecule has 0 N–H and O–H groups in total. The number of nitrogens with zero attached hydrogens (tertiary/aromatic N) is 1. The first-order valence-corrected chi connectivity index (χ1v) is 9.31. The van der Waals surface area contributed by atoms with Crippen LogP contribution in [0.15, 0.2) is 59.8 Å². The van der Waals surface area contributed by atoms with Gasteiger partial charge in [0.2, 0.25) is 11.6 Å². The summed E-state index contributed by atoms with van der Waals surface area (Å²) >= 11 is 0. The van der Waals surface area contributed by atoms with Crippen LogP contribution in [-0.2, 0) is 9.53 Å². The van der Waals surface area contributed by atoms with Crippen LogP contribution in [0.2, 0.25) is 0 Å². The zero-order valence-electron chi connectivity index (χ0n) is 16.9. The molecule has 31 heavy (non-hydrogen) atoms. The summed E-state index contributed by atoms with van der Waals surface area (Å²) in [5.41, 5.74) is 2.23. The number of carbonyl (C=O) groups excluding carboxylic acids is 1. The molecule has 4 rings (SSSR count). The van der Waals surface area contributed by atoms with Gasteiger partial charge in [0.05, 0.1) is 18.4 Å². The van der Waals surface area contributed by atoms with Crippen molar-refractivity contribution in [1.29, 1.82) is 0 Å². The van der Waals surface area contributed by atoms with Gasteiger partial charge in [-0.2, -0.15) is 4.39 Å². The number of rotatable bonds is 4. The number of esters is 1. The zero-order chi connectivity index (χ0) is 22.3. The number of ether oxygens (including phenoxy) is 3. The Labute approximate surface area is 176 Å². The first-order chi connectivity index (χ1) is 14.9. The summed E-state index contributed by atoms with van der Waals surface area (Å²) in [6.07, 6.45) is 4.69. The van der Waals surface area contributed by atoms with E-state index in [9.17, 15) is 18.0 Å². The summed E-state index contributed by atoms with van der Waals surface area (Å²) in [5.74, 6) is -5.68. The Morgan fingerprint density at radius 3 is 2.52 bits per heavy atom. The van der Waals surface area contributed by atoms with Gasteiger partial charge in [0.15, 0.2) is 11.6 Å². The number of halogens is 3. The van der Waals surface area contributed by atoms with E-state index in [1.54, 1.807) is 36.4 Å². The van der Waals surface area contributed by atoms with Crippen molar-refractivity contribution >= 4 is 17.2 Å². The minimum absolute atomic E-state index is 0.0567. The first-order valence-electron chi connectivity index (χ1n) is 9.31. The molecule has 5 nitrogen and oxygen atoms in total. The van der Waals surface area contributed by atoms with Gasteiger partial charge in [0.25, 0.3) is 0 Å². The third-order valence-corrected chi connectivity index (χ3v) is 5.22. The molecule has 0 saturated heterocycles. The summed E-state index contributed by atoms with van der Waals surface area (Å²) in [6, 6.07) is 6.34. The molecule has 8 heteroatoms. The minimum atomic E-state index is -1.58. The van der Waals surface area contributed by atoms with E-state index in [1.165, 1.54) is 14.2 Å². The maximum absolute atomic E-state index is 14.1. The molecule has 0 amide bonds. The van der Waals surface area contributed by atoms with E-state index in [-0.39, 0.29) is 5.57 Å². The van der Waals surface area contributed by atoms with Crippen molar-refractivity contribution in [3.63, 3.8) is 0 Å². The molecule has 0 bridgehead atoms. The number of allylic oxidation sites excluding steroid dienone is 2. The van der Waals surface area contributed by atoms with Crippen molar-refractivity contribution in [3.05, 3.63) is 82.8 Å². The Balaban J connectivity index is 1.91. The van der Waals surface area contributed by atoms with Crippen molar-refractivity contribution in [3.8, 4) is 11.5 Å². The lowest BCUT2D eigenvalue weighted by Crippen LogP contribution is -2.33. The van der Waals surface area contributed by atoms with E-state index in [4.69, 9.17) is 14.2 Å². The van der Waals surface area contributed by atoms with Crippen molar-refractivity contribution in [2.75, 3.05) is 26.2 Å². The van der Waals surface area contributed by atoms with E-state index < -0.39 is 35.3 Å². The van der Waals surface area contributed by atoms with Gasteiger partial charge in [-0.3, -0.25) is 0 Å². The van der Waals surface area contributed by atoms with Crippen LogP contribution in [0.4, 0.5) is 18.9 Å². The lowest BCUT2D eigenvalue weighted by molar-refractivity contribution is -0.128. The molecule has 0 saturated carbocycles. The summed E-state index contributed by atoms with van der Waals surface area (Å²) in [7, 11) is 4.80. The number of fused-ring (bicyclic) bond motifs is 2. The van der Waals surface area contributed by atoms with Crippen LogP contribution in [0.25, 0.3) is 5.57 Å². The molecule has 2 aromatic carbocycles. The third-order valence-electron chi connectivity index (χ3n) is 5.22. The Kier molecular flexibility index (Phi) is 5.32. The number of benzene rings is 2. The quantitative estimate of drug-likeness (QED) is 0.410. The van der Waals surface area contributed by atoms with Crippen molar-refractivity contribution in [2.45, 2.75) is 6.10 Å². The summed E-state index contributed by atoms with van der Waals surface area (Å²) < 4.78 is 57.7. The maximum atomic E-state index is 14.1. The molecule has 1 aliphatic carbocycles. The van der Waals surface area contributed by atoms with Crippen LogP contribution in [0.1, 0.15) is 5.56 Å². The fraction of sp³-hybridized carbons (Fsp3) is 0.174. The predicted octanol–water partition coefficient (Wildman–Crippen LogP) is 4.39. The van der Waals surface area contributed by atoms with Crippen molar-refractivity contribution < 1.29 is 32.2 Å². The van der Waals surface area contributed by atoms with E-state index in [1.807, 2.05) is 11.9 Å². The molecule has 1 unspecified atom stereocenters. The second-order valence-corrected chi connectivity index (χ2v) is 6.89. The van der Waals surface area contributed by atoms with Gasteiger partial charge in [0.1, 0.15) is 11.9 Å². The second kappa shape index (κ2) is 7.96. The average molecular weight is 429 g/mol. The molecule has 2 aliphatic rings. The monoisotopic (exact) mass is 429 g/mol. The summed E-state index contributed by atoms with van der Waals surface area (Å²) in [5, 5.41) is 0. The van der Waals surface area contributed by atoms with Crippen molar-refractivity contribution in [1.82, 2.24) is 0 Å². The molecular formula is C23H18F3NO4. The van der Waals surface area contributed by atoms with Gasteiger partial charge in [-0.1, -0.05) is 12.2 Å². The third kappa shape index (κ3) is 3.38. The van der Waals surface area contributed by atoms with Crippen LogP contribution in [0.3, 0.4) is 0 Å². The molecule has 0 radical (unpaired) electrons. The molecular weight excluding hydrogens is 411 g/mol. The highest BCUT2D eigenvalue weighted by Gasteiger charge is 2.36. The minimum Gasteiger partial charge on any atom is -0.497 e. The van der Waals surface area contributed by atoms with E-state index in [2.05, 4.69) is 0 Å². The van der Waals surface area contributed by atoms with Gasteiger partial charge >= 0.3 is 5.97 Å². The van der Waals surface area contributed by atoms with Crippen LogP contribution in [-0.4, -0.2) is 33.3 Å². The largest absolute Gasteiger partial charge is 0.497 e. The molecule has 0 spiro atoms. The zero-order valence-corrected chi connectivity index (χ0v) is 16.9. The Morgan fingerprint density at radius 1 is 1.06 bits per heavy atom. The van der Waals surface area contributed by atoms with Gasteiger partial charge in [-0.15, -0.1) is 0 Å². The molecule has 1 heterocycles. The number of likely N-dealkylation sites (N-methyl/N-ethyl adjacent to an activating group) is 1. The average Bonchev–Trinajstić information content (AvgIpc) is 2.79. The molecule has 0 aromatic heterocycles. The highest BCUT2D eigenvalue weighted by atomic mass is 19.2. The van der Waals surface area contributed by atoms with Crippen molar-refractivity contribution in [2.24, 2.45) is 0 Å². The SMILES string of the molecule is COc1ccc2c(c1)N(C)C1=CC=CC(OC)C1=C2C(=O)Oc1c(F)ccc(F)c1F. The van der Waals surface area contributed by atoms with Crippen LogP contribution in [0.5, 0.6) is 11.5 Å². The number of anilines is 1. The fourth-order valence-electron chi connectivity index (χ4n) is 3.71. The molecule has 0 fully saturated rings. The van der Waals surface area contributed by atoms with E-state index >= 15 is 0 Å². The first kappa shape index (κ1) is 20.7. The fourth-order valence-corrected chi connectivity index (χ4v) is 3.71. The van der Waals surface area contributed by atoms with Crippen LogP contribution < -0.4 is 14.4 Å². The summed E-state index contributed by atoms with van der Waals surface area (Å²) in [6.45, 7) is 0. The molecule has 1 atom stereocenters. The summed E-state index contributed by atoms with van der Waals surface area (Å²) in [4.78, 5) is 15.1. The van der Waals surface area contributed by atoms with E-state index in [0.29, 0.717) is 40.4 Å². The number of methoxy groups -OCH3 is 2. The predicted molar refractivity (Wildman–Crippen MR) is 108 cm³/mol. The number of carbonyl (C=O) groups is 1. The number of hydrogen-bond acceptors (Lipinski definition) is 5. The molecule has 1 aliphatic heterocycles. The Hall–Kier alpha value is -3.52. The smallest absolute Gasteiger partial charge is 0.344 e. The Bertz CT molecular complexity index is 1170. The van der Waals surface area contributed by atoms with Gasteiger partial charge in [-0.05, 0) is 30.3 Å². The van der Waals surface area contributed by atoms with E-state index in [0.717, 1.165) is 0 Å². The van der Waals surface area contributed by atoms with Gasteiger partial charge in [0, 0.05) is 37.1 Å².